The Morgan fingerprint density at radius 1 is 1.17 bits per heavy atom. The molecule has 0 bridgehead atoms. The normalized spacial score (nSPS) is 10.7. The Balaban J connectivity index is 2.90. The zero-order valence-electron chi connectivity index (χ0n) is 10.8. The first-order chi connectivity index (χ1) is 8.72. The summed E-state index contributed by atoms with van der Waals surface area (Å²) in [5, 5.41) is 1.55. The van der Waals surface area contributed by atoms with Gasteiger partial charge in [-0.25, -0.2) is 0 Å². The number of ether oxygens (including phenoxy) is 2. The first-order valence-corrected chi connectivity index (χ1v) is 7.30. The number of methoxy groups -OCH3 is 2. The van der Waals surface area contributed by atoms with E-state index >= 15 is 0 Å². The van der Waals surface area contributed by atoms with E-state index in [4.69, 9.17) is 21.1 Å². The second-order valence-corrected chi connectivity index (χ2v) is 4.88. The maximum atomic E-state index is 6.08. The van der Waals surface area contributed by atoms with Crippen molar-refractivity contribution in [1.29, 1.82) is 0 Å². The molecule has 0 aliphatic heterocycles. The monoisotopic (exact) mass is 335 g/mol. The number of nitrogens with zero attached hydrogens (tertiary/aromatic N) is 1. The number of halogens is 2. The zero-order valence-corrected chi connectivity index (χ0v) is 13.1. The molecule has 0 radical (unpaired) electrons. The molecule has 0 saturated carbocycles. The third kappa shape index (κ3) is 4.76. The number of alkyl halides is 1. The van der Waals surface area contributed by atoms with Gasteiger partial charge >= 0.3 is 0 Å². The maximum Gasteiger partial charge on any atom is 0.0637 e. The van der Waals surface area contributed by atoms with Crippen molar-refractivity contribution in [3.05, 3.63) is 28.8 Å². The standard InChI is InChI=1S/C13H19BrClNO2/c1-17-7-5-16(6-8-18-2)13-9-12(15)4-3-11(13)10-14/h3-4,9H,5-8,10H2,1-2H3. The first-order valence-electron chi connectivity index (χ1n) is 5.80. The summed E-state index contributed by atoms with van der Waals surface area (Å²) in [6, 6.07) is 5.94. The minimum Gasteiger partial charge on any atom is -0.383 e. The van der Waals surface area contributed by atoms with Crippen LogP contribution in [0.4, 0.5) is 5.69 Å². The van der Waals surface area contributed by atoms with Crippen LogP contribution in [0.15, 0.2) is 18.2 Å². The molecule has 0 fully saturated rings. The van der Waals surface area contributed by atoms with Crippen molar-refractivity contribution in [2.75, 3.05) is 45.4 Å². The lowest BCUT2D eigenvalue weighted by Crippen LogP contribution is -2.31. The van der Waals surface area contributed by atoms with Gasteiger partial charge in [0, 0.05) is 43.3 Å². The first kappa shape index (κ1) is 15.8. The summed E-state index contributed by atoms with van der Waals surface area (Å²) in [6.07, 6.45) is 0. The van der Waals surface area contributed by atoms with Gasteiger partial charge in [0.25, 0.3) is 0 Å². The summed E-state index contributed by atoms with van der Waals surface area (Å²) in [7, 11) is 3.41. The minimum absolute atomic E-state index is 0.679. The largest absolute Gasteiger partial charge is 0.383 e. The molecule has 0 unspecified atom stereocenters. The van der Waals surface area contributed by atoms with Gasteiger partial charge in [0.1, 0.15) is 0 Å². The fraction of sp³-hybridized carbons (Fsp3) is 0.538. The number of anilines is 1. The molecule has 1 aromatic carbocycles. The van der Waals surface area contributed by atoms with Crippen LogP contribution in [0.2, 0.25) is 5.02 Å². The van der Waals surface area contributed by atoms with Gasteiger partial charge in [0.15, 0.2) is 0 Å². The van der Waals surface area contributed by atoms with Crippen LogP contribution in [0.3, 0.4) is 0 Å². The highest BCUT2D eigenvalue weighted by atomic mass is 79.9. The zero-order chi connectivity index (χ0) is 13.4. The molecule has 0 aromatic heterocycles. The number of hydrogen-bond donors (Lipinski definition) is 0. The van der Waals surface area contributed by atoms with Gasteiger partial charge in [-0.2, -0.15) is 0 Å². The van der Waals surface area contributed by atoms with Crippen molar-refractivity contribution >= 4 is 33.2 Å². The molecule has 102 valence electrons. The number of benzene rings is 1. The lowest BCUT2D eigenvalue weighted by Gasteiger charge is -2.26. The van der Waals surface area contributed by atoms with Gasteiger partial charge in [-0.15, -0.1) is 0 Å². The summed E-state index contributed by atoms with van der Waals surface area (Å²) in [4.78, 5) is 2.23. The Morgan fingerprint density at radius 2 is 1.78 bits per heavy atom. The van der Waals surface area contributed by atoms with Gasteiger partial charge in [0.05, 0.1) is 13.2 Å². The molecular formula is C13H19BrClNO2. The van der Waals surface area contributed by atoms with Crippen LogP contribution in [-0.4, -0.2) is 40.5 Å². The highest BCUT2D eigenvalue weighted by Gasteiger charge is 2.11. The topological polar surface area (TPSA) is 21.7 Å². The highest BCUT2D eigenvalue weighted by molar-refractivity contribution is 9.08. The van der Waals surface area contributed by atoms with Crippen LogP contribution in [0, 0.1) is 0 Å². The van der Waals surface area contributed by atoms with Crippen molar-refractivity contribution in [3.63, 3.8) is 0 Å². The predicted molar refractivity (Wildman–Crippen MR) is 80.0 cm³/mol. The summed E-state index contributed by atoms with van der Waals surface area (Å²) >= 11 is 9.59. The third-order valence-corrected chi connectivity index (χ3v) is 3.50. The van der Waals surface area contributed by atoms with Crippen LogP contribution in [-0.2, 0) is 14.8 Å². The molecule has 1 aromatic rings. The van der Waals surface area contributed by atoms with E-state index < -0.39 is 0 Å². The van der Waals surface area contributed by atoms with Crippen LogP contribution in [0.25, 0.3) is 0 Å². The van der Waals surface area contributed by atoms with Crippen molar-refractivity contribution in [1.82, 2.24) is 0 Å². The van der Waals surface area contributed by atoms with Crippen LogP contribution < -0.4 is 4.90 Å². The smallest absolute Gasteiger partial charge is 0.0637 e. The van der Waals surface area contributed by atoms with Crippen molar-refractivity contribution in [2.45, 2.75) is 5.33 Å². The Bertz CT molecular complexity index is 355. The van der Waals surface area contributed by atoms with Crippen LogP contribution in [0.5, 0.6) is 0 Å². The molecule has 18 heavy (non-hydrogen) atoms. The summed E-state index contributed by atoms with van der Waals surface area (Å²) < 4.78 is 10.3. The van der Waals surface area contributed by atoms with Gasteiger partial charge in [0.2, 0.25) is 0 Å². The average Bonchev–Trinajstić information content (AvgIpc) is 2.39. The molecule has 3 nitrogen and oxygen atoms in total. The Kier molecular flexibility index (Phi) is 7.66. The third-order valence-electron chi connectivity index (χ3n) is 2.66. The van der Waals surface area contributed by atoms with Crippen LogP contribution in [0.1, 0.15) is 5.56 Å². The van der Waals surface area contributed by atoms with Gasteiger partial charge in [-0.1, -0.05) is 33.6 Å². The average molecular weight is 337 g/mol. The van der Waals surface area contributed by atoms with Crippen molar-refractivity contribution < 1.29 is 9.47 Å². The Hall–Kier alpha value is -0.290. The molecule has 5 heteroatoms. The predicted octanol–water partition coefficient (Wildman–Crippen LogP) is 3.33. The second kappa shape index (κ2) is 8.75. The lowest BCUT2D eigenvalue weighted by molar-refractivity contribution is 0.190. The SMILES string of the molecule is COCCN(CCOC)c1cc(Cl)ccc1CBr. The molecule has 0 atom stereocenters. The molecule has 1 rings (SSSR count). The lowest BCUT2D eigenvalue weighted by atomic mass is 10.2. The van der Waals surface area contributed by atoms with E-state index in [-0.39, 0.29) is 0 Å². The highest BCUT2D eigenvalue weighted by Crippen LogP contribution is 2.26. The molecule has 0 N–H and O–H groups in total. The van der Waals surface area contributed by atoms with Gasteiger partial charge in [-0.05, 0) is 17.7 Å². The fourth-order valence-electron chi connectivity index (χ4n) is 1.70. The molecule has 0 aliphatic rings. The molecule has 0 spiro atoms. The van der Waals surface area contributed by atoms with E-state index in [9.17, 15) is 0 Å². The van der Waals surface area contributed by atoms with Crippen molar-refractivity contribution in [2.24, 2.45) is 0 Å². The molecular weight excluding hydrogens is 318 g/mol. The number of rotatable bonds is 8. The van der Waals surface area contributed by atoms with Gasteiger partial charge < -0.3 is 14.4 Å². The van der Waals surface area contributed by atoms with E-state index in [1.54, 1.807) is 14.2 Å². The quantitative estimate of drug-likeness (QED) is 0.680. The van der Waals surface area contributed by atoms with E-state index in [1.807, 2.05) is 18.2 Å². The molecule has 0 amide bonds. The maximum absolute atomic E-state index is 6.08. The van der Waals surface area contributed by atoms with E-state index in [0.717, 1.165) is 29.1 Å². The van der Waals surface area contributed by atoms with E-state index in [2.05, 4.69) is 20.8 Å². The minimum atomic E-state index is 0.679. The van der Waals surface area contributed by atoms with Crippen LogP contribution >= 0.6 is 27.5 Å². The van der Waals surface area contributed by atoms with E-state index in [0.29, 0.717) is 13.2 Å². The summed E-state index contributed by atoms with van der Waals surface area (Å²) in [6.45, 7) is 3.00. The summed E-state index contributed by atoms with van der Waals surface area (Å²) in [5.74, 6) is 0. The molecule has 0 aliphatic carbocycles. The Labute approximate surface area is 122 Å². The summed E-state index contributed by atoms with van der Waals surface area (Å²) in [5.41, 5.74) is 2.35. The number of hydrogen-bond acceptors (Lipinski definition) is 3. The van der Waals surface area contributed by atoms with Crippen molar-refractivity contribution in [3.8, 4) is 0 Å². The second-order valence-electron chi connectivity index (χ2n) is 3.88. The van der Waals surface area contributed by atoms with Gasteiger partial charge in [-0.3, -0.25) is 0 Å². The molecule has 0 heterocycles. The Morgan fingerprint density at radius 3 is 2.28 bits per heavy atom. The fourth-order valence-corrected chi connectivity index (χ4v) is 2.34. The molecule has 0 saturated heterocycles. The van der Waals surface area contributed by atoms with E-state index in [1.165, 1.54) is 5.56 Å².